The number of fused-ring (bicyclic) bond motifs is 1. The standard InChI is InChI=1S/C14H19BrN2O3S/c15-11-8-10(9-18)3-4-14(11)21(19,20)16-12-5-7-17-6-1-2-13(12)17/h3-4,8,12-13,16,18H,1-2,5-7,9H2. The average Bonchev–Trinajstić information content (AvgIpc) is 3.03. The number of hydrogen-bond acceptors (Lipinski definition) is 4. The molecule has 0 spiro atoms. The Hall–Kier alpha value is -0.470. The molecule has 2 aliphatic rings. The maximum Gasteiger partial charge on any atom is 0.241 e. The van der Waals surface area contributed by atoms with E-state index in [9.17, 15) is 8.42 Å². The number of aliphatic hydroxyl groups excluding tert-OH is 1. The van der Waals surface area contributed by atoms with Gasteiger partial charge in [-0.25, -0.2) is 13.1 Å². The molecule has 3 rings (SSSR count). The van der Waals surface area contributed by atoms with Crippen LogP contribution < -0.4 is 4.72 Å². The van der Waals surface area contributed by atoms with Gasteiger partial charge in [-0.3, -0.25) is 4.90 Å². The van der Waals surface area contributed by atoms with Crippen LogP contribution in [-0.4, -0.2) is 43.6 Å². The first-order valence-electron chi connectivity index (χ1n) is 7.17. The molecule has 7 heteroatoms. The molecule has 0 amide bonds. The van der Waals surface area contributed by atoms with E-state index >= 15 is 0 Å². The first-order valence-corrected chi connectivity index (χ1v) is 9.44. The molecule has 2 atom stereocenters. The van der Waals surface area contributed by atoms with Crippen LogP contribution in [0.1, 0.15) is 24.8 Å². The molecule has 1 aromatic rings. The fourth-order valence-electron chi connectivity index (χ4n) is 3.34. The second-order valence-corrected chi connectivity index (χ2v) is 8.22. The minimum absolute atomic E-state index is 0.00178. The predicted octanol–water partition coefficient (Wildman–Crippen LogP) is 1.46. The highest BCUT2D eigenvalue weighted by atomic mass is 79.9. The van der Waals surface area contributed by atoms with Crippen molar-refractivity contribution < 1.29 is 13.5 Å². The van der Waals surface area contributed by atoms with Gasteiger partial charge in [-0.05, 0) is 59.4 Å². The van der Waals surface area contributed by atoms with Gasteiger partial charge in [0.25, 0.3) is 0 Å². The summed E-state index contributed by atoms with van der Waals surface area (Å²) in [5, 5.41) is 9.10. The molecule has 0 saturated carbocycles. The van der Waals surface area contributed by atoms with Gasteiger partial charge in [-0.2, -0.15) is 0 Å². The van der Waals surface area contributed by atoms with E-state index in [2.05, 4.69) is 25.6 Å². The Morgan fingerprint density at radius 1 is 1.33 bits per heavy atom. The third-order valence-corrected chi connectivity index (χ3v) is 6.85. The molecule has 21 heavy (non-hydrogen) atoms. The maximum absolute atomic E-state index is 12.6. The van der Waals surface area contributed by atoms with Crippen LogP contribution in [0.2, 0.25) is 0 Å². The number of hydrogen-bond donors (Lipinski definition) is 2. The first-order chi connectivity index (χ1) is 10.0. The van der Waals surface area contributed by atoms with Crippen LogP contribution in [-0.2, 0) is 16.6 Å². The van der Waals surface area contributed by atoms with E-state index in [0.29, 0.717) is 16.1 Å². The van der Waals surface area contributed by atoms with Crippen molar-refractivity contribution in [3.05, 3.63) is 28.2 Å². The molecule has 1 aromatic carbocycles. The summed E-state index contributed by atoms with van der Waals surface area (Å²) in [5.41, 5.74) is 0.684. The lowest BCUT2D eigenvalue weighted by atomic mass is 10.1. The lowest BCUT2D eigenvalue weighted by Crippen LogP contribution is -2.42. The fourth-order valence-corrected chi connectivity index (χ4v) is 5.77. The Bertz CT molecular complexity index is 635. The average molecular weight is 375 g/mol. The molecule has 5 nitrogen and oxygen atoms in total. The van der Waals surface area contributed by atoms with Gasteiger partial charge in [0.05, 0.1) is 11.5 Å². The van der Waals surface area contributed by atoms with Crippen LogP contribution in [0.4, 0.5) is 0 Å². The van der Waals surface area contributed by atoms with E-state index in [1.807, 2.05) is 0 Å². The Labute approximate surface area is 133 Å². The lowest BCUT2D eigenvalue weighted by molar-refractivity contribution is 0.281. The SMILES string of the molecule is O=S(=O)(NC1CCN2CCCC12)c1ccc(CO)cc1Br. The maximum atomic E-state index is 12.6. The van der Waals surface area contributed by atoms with E-state index in [1.165, 1.54) is 0 Å². The molecule has 0 aromatic heterocycles. The molecule has 0 aliphatic carbocycles. The fraction of sp³-hybridized carbons (Fsp3) is 0.571. The normalized spacial score (nSPS) is 26.2. The Kier molecular flexibility index (Phi) is 4.38. The summed E-state index contributed by atoms with van der Waals surface area (Å²) in [6.45, 7) is 1.95. The number of aliphatic hydroxyl groups is 1. The van der Waals surface area contributed by atoms with Gasteiger partial charge in [0.1, 0.15) is 0 Å². The van der Waals surface area contributed by atoms with Crippen molar-refractivity contribution in [2.75, 3.05) is 13.1 Å². The molecule has 2 unspecified atom stereocenters. The van der Waals surface area contributed by atoms with E-state index in [-0.39, 0.29) is 17.5 Å². The highest BCUT2D eigenvalue weighted by Gasteiger charge is 2.39. The van der Waals surface area contributed by atoms with Crippen LogP contribution in [0.5, 0.6) is 0 Å². The van der Waals surface area contributed by atoms with Gasteiger partial charge >= 0.3 is 0 Å². The van der Waals surface area contributed by atoms with E-state index < -0.39 is 10.0 Å². The lowest BCUT2D eigenvalue weighted by Gasteiger charge is -2.21. The van der Waals surface area contributed by atoms with Gasteiger partial charge in [-0.15, -0.1) is 0 Å². The molecule has 2 aliphatic heterocycles. The largest absolute Gasteiger partial charge is 0.392 e. The number of nitrogens with zero attached hydrogens (tertiary/aromatic N) is 1. The number of benzene rings is 1. The Balaban J connectivity index is 1.81. The smallest absolute Gasteiger partial charge is 0.241 e. The van der Waals surface area contributed by atoms with Crippen molar-refractivity contribution in [2.24, 2.45) is 0 Å². The number of nitrogens with one attached hydrogen (secondary N) is 1. The van der Waals surface area contributed by atoms with Gasteiger partial charge in [0.15, 0.2) is 0 Å². The third-order valence-electron chi connectivity index (χ3n) is 4.38. The van der Waals surface area contributed by atoms with Gasteiger partial charge < -0.3 is 5.11 Å². The van der Waals surface area contributed by atoms with Crippen LogP contribution in [0.3, 0.4) is 0 Å². The second-order valence-electron chi connectivity index (χ2n) is 5.68. The minimum Gasteiger partial charge on any atom is -0.392 e. The quantitative estimate of drug-likeness (QED) is 0.836. The highest BCUT2D eigenvalue weighted by Crippen LogP contribution is 2.30. The monoisotopic (exact) mass is 374 g/mol. The van der Waals surface area contributed by atoms with E-state index in [1.54, 1.807) is 18.2 Å². The second kappa shape index (κ2) is 5.96. The van der Waals surface area contributed by atoms with Crippen molar-refractivity contribution in [3.8, 4) is 0 Å². The summed E-state index contributed by atoms with van der Waals surface area (Å²) >= 11 is 3.29. The van der Waals surface area contributed by atoms with Crippen LogP contribution in [0, 0.1) is 0 Å². The summed E-state index contributed by atoms with van der Waals surface area (Å²) in [6.07, 6.45) is 3.09. The summed E-state index contributed by atoms with van der Waals surface area (Å²) in [5.74, 6) is 0. The molecule has 2 fully saturated rings. The number of halogens is 1. The summed E-state index contributed by atoms with van der Waals surface area (Å²) < 4.78 is 28.5. The Morgan fingerprint density at radius 3 is 2.86 bits per heavy atom. The Morgan fingerprint density at radius 2 is 2.14 bits per heavy atom. The van der Waals surface area contributed by atoms with Crippen molar-refractivity contribution in [1.82, 2.24) is 9.62 Å². The summed E-state index contributed by atoms with van der Waals surface area (Å²) in [7, 11) is -3.54. The van der Waals surface area contributed by atoms with Crippen molar-refractivity contribution >= 4 is 26.0 Å². The van der Waals surface area contributed by atoms with Crippen LogP contribution in [0.15, 0.2) is 27.6 Å². The van der Waals surface area contributed by atoms with Crippen molar-refractivity contribution in [2.45, 2.75) is 42.8 Å². The van der Waals surface area contributed by atoms with Gasteiger partial charge in [0, 0.05) is 23.1 Å². The third kappa shape index (κ3) is 3.03. The molecule has 2 saturated heterocycles. The van der Waals surface area contributed by atoms with E-state index in [4.69, 9.17) is 5.11 Å². The van der Waals surface area contributed by atoms with Crippen LogP contribution in [0.25, 0.3) is 0 Å². The molecule has 2 heterocycles. The zero-order chi connectivity index (χ0) is 15.0. The van der Waals surface area contributed by atoms with Gasteiger partial charge in [-0.1, -0.05) is 6.07 Å². The molecule has 0 bridgehead atoms. The molecule has 0 radical (unpaired) electrons. The molecular weight excluding hydrogens is 356 g/mol. The predicted molar refractivity (Wildman–Crippen MR) is 83.4 cm³/mol. The van der Waals surface area contributed by atoms with Crippen molar-refractivity contribution in [1.29, 1.82) is 0 Å². The molecular formula is C14H19BrN2O3S. The highest BCUT2D eigenvalue weighted by molar-refractivity contribution is 9.10. The minimum atomic E-state index is -3.54. The molecule has 2 N–H and O–H groups in total. The van der Waals surface area contributed by atoms with Crippen LogP contribution >= 0.6 is 15.9 Å². The summed E-state index contributed by atoms with van der Waals surface area (Å²) in [6, 6.07) is 5.16. The summed E-state index contributed by atoms with van der Waals surface area (Å²) in [4.78, 5) is 2.60. The number of sulfonamides is 1. The van der Waals surface area contributed by atoms with Gasteiger partial charge in [0.2, 0.25) is 10.0 Å². The number of rotatable bonds is 4. The zero-order valence-corrected chi connectivity index (χ0v) is 14.0. The van der Waals surface area contributed by atoms with E-state index in [0.717, 1.165) is 32.4 Å². The zero-order valence-electron chi connectivity index (χ0n) is 11.6. The first kappa shape index (κ1) is 15.4. The molecule has 116 valence electrons. The topological polar surface area (TPSA) is 69.6 Å². The van der Waals surface area contributed by atoms with Crippen molar-refractivity contribution in [3.63, 3.8) is 0 Å².